The summed E-state index contributed by atoms with van der Waals surface area (Å²) in [5, 5.41) is 3.22. The Morgan fingerprint density at radius 2 is 2.00 bits per heavy atom. The van der Waals surface area contributed by atoms with Crippen molar-refractivity contribution in [2.24, 2.45) is 0 Å². The zero-order chi connectivity index (χ0) is 15.1. The molecule has 0 saturated carbocycles. The molecule has 0 atom stereocenters. The number of aromatic nitrogens is 3. The van der Waals surface area contributed by atoms with Crippen LogP contribution in [0.15, 0.2) is 24.4 Å². The van der Waals surface area contributed by atoms with E-state index in [-0.39, 0.29) is 0 Å². The lowest BCUT2D eigenvalue weighted by Gasteiger charge is -2.08. The molecule has 112 valence electrons. The van der Waals surface area contributed by atoms with E-state index in [1.165, 1.54) is 5.56 Å². The molecule has 21 heavy (non-hydrogen) atoms. The minimum Gasteiger partial charge on any atom is -0.377 e. The van der Waals surface area contributed by atoms with Crippen molar-refractivity contribution >= 4 is 5.82 Å². The first-order valence-electron chi connectivity index (χ1n) is 7.28. The second-order valence-electron chi connectivity index (χ2n) is 4.81. The Labute approximate surface area is 125 Å². The summed E-state index contributed by atoms with van der Waals surface area (Å²) >= 11 is 0. The molecule has 5 nitrogen and oxygen atoms in total. The van der Waals surface area contributed by atoms with E-state index in [0.29, 0.717) is 18.9 Å². The number of nitrogens with zero attached hydrogens (tertiary/aromatic N) is 3. The molecule has 0 amide bonds. The van der Waals surface area contributed by atoms with Gasteiger partial charge in [0.1, 0.15) is 12.4 Å². The van der Waals surface area contributed by atoms with E-state index in [2.05, 4.69) is 39.3 Å². The summed E-state index contributed by atoms with van der Waals surface area (Å²) in [6.07, 6.45) is 3.63. The molecular formula is C16H22N4O. The Morgan fingerprint density at radius 3 is 2.62 bits per heavy atom. The van der Waals surface area contributed by atoms with E-state index in [0.717, 1.165) is 30.2 Å². The molecule has 1 N–H and O–H groups in total. The Morgan fingerprint density at radius 1 is 1.14 bits per heavy atom. The molecule has 0 radical (unpaired) electrons. The van der Waals surface area contributed by atoms with Gasteiger partial charge in [-0.15, -0.1) is 0 Å². The van der Waals surface area contributed by atoms with Crippen LogP contribution in [0.1, 0.15) is 36.6 Å². The molecule has 0 aliphatic heterocycles. The fourth-order valence-electron chi connectivity index (χ4n) is 2.06. The summed E-state index contributed by atoms with van der Waals surface area (Å²) in [6.45, 7) is 5.41. The Kier molecular flexibility index (Phi) is 5.63. The van der Waals surface area contributed by atoms with Crippen molar-refractivity contribution in [1.29, 1.82) is 0 Å². The normalized spacial score (nSPS) is 10.6. The van der Waals surface area contributed by atoms with Gasteiger partial charge in [0.15, 0.2) is 5.82 Å². The molecule has 0 bridgehead atoms. The Balaban J connectivity index is 2.20. The lowest BCUT2D eigenvalue weighted by molar-refractivity contribution is 0.177. The molecule has 0 saturated heterocycles. The van der Waals surface area contributed by atoms with Gasteiger partial charge in [0.05, 0.1) is 5.69 Å². The molecule has 0 unspecified atom stereocenters. The lowest BCUT2D eigenvalue weighted by atomic mass is 10.1. The summed E-state index contributed by atoms with van der Waals surface area (Å²) in [5.74, 6) is 1.52. The minimum atomic E-state index is 0.411. The predicted octanol–water partition coefficient (Wildman–Crippen LogP) is 2.60. The van der Waals surface area contributed by atoms with E-state index in [1.807, 2.05) is 19.2 Å². The molecule has 2 rings (SSSR count). The molecule has 0 spiro atoms. The van der Waals surface area contributed by atoms with Crippen LogP contribution in [0.4, 0.5) is 5.82 Å². The molecule has 5 heteroatoms. The van der Waals surface area contributed by atoms with Crippen molar-refractivity contribution in [3.05, 3.63) is 47.2 Å². The summed E-state index contributed by atoms with van der Waals surface area (Å²) in [6, 6.07) is 6.15. The molecule has 2 heterocycles. The standard InChI is InChI=1S/C16H22N4O/c1-4-12-6-7-13(18-10-12)8-14-9-15(17-5-2)20-16(19-14)11-21-3/h6-7,9-10H,4-5,8,11H2,1-3H3,(H,17,19,20). The number of ether oxygens (including phenoxy) is 1. The highest BCUT2D eigenvalue weighted by atomic mass is 16.5. The van der Waals surface area contributed by atoms with Crippen molar-refractivity contribution in [1.82, 2.24) is 15.0 Å². The van der Waals surface area contributed by atoms with Crippen LogP contribution in [-0.2, 0) is 24.2 Å². The molecule has 0 aliphatic rings. The number of rotatable bonds is 7. The molecular weight excluding hydrogens is 264 g/mol. The molecule has 0 aromatic carbocycles. The number of anilines is 1. The van der Waals surface area contributed by atoms with Crippen LogP contribution in [0.5, 0.6) is 0 Å². The van der Waals surface area contributed by atoms with Gasteiger partial charge in [-0.05, 0) is 25.0 Å². The maximum absolute atomic E-state index is 5.13. The third kappa shape index (κ3) is 4.49. The van der Waals surface area contributed by atoms with Gasteiger partial charge in [-0.1, -0.05) is 13.0 Å². The van der Waals surface area contributed by atoms with E-state index >= 15 is 0 Å². The first kappa shape index (κ1) is 15.4. The van der Waals surface area contributed by atoms with Crippen LogP contribution in [0, 0.1) is 0 Å². The Bertz CT molecular complexity index is 545. The van der Waals surface area contributed by atoms with Crippen molar-refractivity contribution in [3.63, 3.8) is 0 Å². The third-order valence-electron chi connectivity index (χ3n) is 3.11. The van der Waals surface area contributed by atoms with Crippen molar-refractivity contribution in [2.45, 2.75) is 33.3 Å². The summed E-state index contributed by atoms with van der Waals surface area (Å²) in [4.78, 5) is 13.4. The van der Waals surface area contributed by atoms with Crippen LogP contribution >= 0.6 is 0 Å². The smallest absolute Gasteiger partial charge is 0.156 e. The van der Waals surface area contributed by atoms with Crippen molar-refractivity contribution in [3.8, 4) is 0 Å². The van der Waals surface area contributed by atoms with Gasteiger partial charge in [-0.3, -0.25) is 4.98 Å². The number of hydrogen-bond acceptors (Lipinski definition) is 5. The fraction of sp³-hybridized carbons (Fsp3) is 0.438. The van der Waals surface area contributed by atoms with Crippen LogP contribution in [0.3, 0.4) is 0 Å². The third-order valence-corrected chi connectivity index (χ3v) is 3.11. The van der Waals surface area contributed by atoms with E-state index < -0.39 is 0 Å². The fourth-order valence-corrected chi connectivity index (χ4v) is 2.06. The maximum atomic E-state index is 5.13. The van der Waals surface area contributed by atoms with Crippen LogP contribution in [0.2, 0.25) is 0 Å². The quantitative estimate of drug-likeness (QED) is 0.847. The average molecular weight is 286 g/mol. The predicted molar refractivity (Wildman–Crippen MR) is 83.3 cm³/mol. The van der Waals surface area contributed by atoms with Gasteiger partial charge in [0, 0.05) is 38.0 Å². The highest BCUT2D eigenvalue weighted by Crippen LogP contribution is 2.12. The second kappa shape index (κ2) is 7.69. The molecule has 2 aromatic rings. The molecule has 2 aromatic heterocycles. The largest absolute Gasteiger partial charge is 0.377 e. The van der Waals surface area contributed by atoms with Gasteiger partial charge >= 0.3 is 0 Å². The van der Waals surface area contributed by atoms with Crippen LogP contribution in [-0.4, -0.2) is 28.6 Å². The minimum absolute atomic E-state index is 0.411. The second-order valence-corrected chi connectivity index (χ2v) is 4.81. The highest BCUT2D eigenvalue weighted by molar-refractivity contribution is 5.37. The summed E-state index contributed by atoms with van der Waals surface area (Å²) in [7, 11) is 1.65. The average Bonchev–Trinajstić information content (AvgIpc) is 2.48. The van der Waals surface area contributed by atoms with Gasteiger partial charge in [0.2, 0.25) is 0 Å². The highest BCUT2D eigenvalue weighted by Gasteiger charge is 2.06. The lowest BCUT2D eigenvalue weighted by Crippen LogP contribution is -2.07. The van der Waals surface area contributed by atoms with E-state index in [1.54, 1.807) is 7.11 Å². The monoisotopic (exact) mass is 286 g/mol. The zero-order valence-corrected chi connectivity index (χ0v) is 12.9. The van der Waals surface area contributed by atoms with E-state index in [4.69, 9.17) is 4.74 Å². The van der Waals surface area contributed by atoms with Gasteiger partial charge in [-0.2, -0.15) is 0 Å². The van der Waals surface area contributed by atoms with Crippen LogP contribution < -0.4 is 5.32 Å². The molecule has 0 fully saturated rings. The van der Waals surface area contributed by atoms with E-state index in [9.17, 15) is 0 Å². The van der Waals surface area contributed by atoms with Gasteiger partial charge in [0.25, 0.3) is 0 Å². The van der Waals surface area contributed by atoms with Gasteiger partial charge in [-0.25, -0.2) is 9.97 Å². The number of methoxy groups -OCH3 is 1. The first-order chi connectivity index (χ1) is 10.2. The topological polar surface area (TPSA) is 59.9 Å². The summed E-state index contributed by atoms with van der Waals surface area (Å²) in [5.41, 5.74) is 3.20. The number of nitrogens with one attached hydrogen (secondary N) is 1. The van der Waals surface area contributed by atoms with Crippen molar-refractivity contribution in [2.75, 3.05) is 19.0 Å². The number of pyridine rings is 1. The number of hydrogen-bond donors (Lipinski definition) is 1. The zero-order valence-electron chi connectivity index (χ0n) is 12.9. The SMILES string of the molecule is CCNc1cc(Cc2ccc(CC)cn2)nc(COC)n1. The molecule has 0 aliphatic carbocycles. The maximum Gasteiger partial charge on any atom is 0.156 e. The Hall–Kier alpha value is -2.01. The van der Waals surface area contributed by atoms with Gasteiger partial charge < -0.3 is 10.1 Å². The van der Waals surface area contributed by atoms with Crippen molar-refractivity contribution < 1.29 is 4.74 Å². The van der Waals surface area contributed by atoms with Crippen LogP contribution in [0.25, 0.3) is 0 Å². The summed E-state index contributed by atoms with van der Waals surface area (Å²) < 4.78 is 5.13. The first-order valence-corrected chi connectivity index (χ1v) is 7.28. The number of aryl methyl sites for hydroxylation is 1.